The Labute approximate surface area is 84.8 Å². The molecule has 82 valence electrons. The number of hydrogen-bond donors (Lipinski definition) is 1. The van der Waals surface area contributed by atoms with Crippen LogP contribution in [0.25, 0.3) is 0 Å². The van der Waals surface area contributed by atoms with Gasteiger partial charge in [0.05, 0.1) is 21.1 Å². The Balaban J connectivity index is 3.94. The van der Waals surface area contributed by atoms with Crippen molar-refractivity contribution in [2.45, 2.75) is 6.42 Å². The molecule has 1 atom stereocenters. The van der Waals surface area contributed by atoms with Crippen LogP contribution in [-0.4, -0.2) is 54.7 Å². The van der Waals surface area contributed by atoms with Crippen LogP contribution in [0.15, 0.2) is 0 Å². The zero-order chi connectivity index (χ0) is 11.4. The molecule has 6 heteroatoms. The number of quaternary nitrogens is 1. The van der Waals surface area contributed by atoms with Gasteiger partial charge in [0.1, 0.15) is 14.7 Å². The maximum atomic E-state index is 11.3. The lowest BCUT2D eigenvalue weighted by atomic mass is 10.5. The fraction of sp³-hybridized carbons (Fsp3) is 0.750. The molecule has 0 fully saturated rings. The van der Waals surface area contributed by atoms with Crippen LogP contribution in [0.5, 0.6) is 0 Å². The first-order chi connectivity index (χ1) is 6.22. The van der Waals surface area contributed by atoms with Crippen molar-refractivity contribution in [2.24, 2.45) is 0 Å². The standard InChI is InChI=1S/C8H16NO4P/c1-9(2,3)6-8(12)14(13)5-4-7(10)11/h13H,4-6H2,1-3H3. The van der Waals surface area contributed by atoms with Crippen LogP contribution in [0.1, 0.15) is 6.42 Å². The summed E-state index contributed by atoms with van der Waals surface area (Å²) < 4.78 is 0.434. The highest BCUT2D eigenvalue weighted by molar-refractivity contribution is 7.69. The molecule has 0 aliphatic carbocycles. The Morgan fingerprint density at radius 1 is 1.36 bits per heavy atom. The minimum Gasteiger partial charge on any atom is -0.550 e. The van der Waals surface area contributed by atoms with Crippen LogP contribution >= 0.6 is 8.15 Å². The first kappa shape index (κ1) is 13.5. The van der Waals surface area contributed by atoms with Crippen molar-refractivity contribution in [1.82, 2.24) is 0 Å². The highest BCUT2D eigenvalue weighted by atomic mass is 31.1. The van der Waals surface area contributed by atoms with E-state index in [9.17, 15) is 19.6 Å². The molecule has 0 heterocycles. The van der Waals surface area contributed by atoms with E-state index in [0.717, 1.165) is 0 Å². The number of aliphatic carboxylic acids is 1. The lowest BCUT2D eigenvalue weighted by Gasteiger charge is -2.23. The van der Waals surface area contributed by atoms with E-state index >= 15 is 0 Å². The molecule has 0 saturated heterocycles. The third-order valence-electron chi connectivity index (χ3n) is 1.43. The molecular weight excluding hydrogens is 205 g/mol. The third-order valence-corrected chi connectivity index (χ3v) is 2.79. The van der Waals surface area contributed by atoms with Gasteiger partial charge in [-0.05, 0) is 6.42 Å². The second kappa shape index (κ2) is 5.39. The van der Waals surface area contributed by atoms with Gasteiger partial charge >= 0.3 is 0 Å². The van der Waals surface area contributed by atoms with Crippen molar-refractivity contribution in [3.05, 3.63) is 0 Å². The molecule has 0 aromatic heterocycles. The minimum absolute atomic E-state index is 0.00347. The second-order valence-corrected chi connectivity index (χ2v) is 5.83. The summed E-state index contributed by atoms with van der Waals surface area (Å²) in [5.41, 5.74) is -0.270. The first-order valence-electron chi connectivity index (χ1n) is 4.22. The molecule has 1 N–H and O–H groups in total. The summed E-state index contributed by atoms with van der Waals surface area (Å²) >= 11 is 0. The molecule has 0 amide bonds. The van der Waals surface area contributed by atoms with Gasteiger partial charge in [-0.15, -0.1) is 0 Å². The normalized spacial score (nSPS) is 13.7. The van der Waals surface area contributed by atoms with E-state index in [1.807, 2.05) is 21.1 Å². The number of carboxylic acids is 1. The molecule has 0 aromatic carbocycles. The van der Waals surface area contributed by atoms with Gasteiger partial charge in [0.25, 0.3) is 0 Å². The Bertz CT molecular complexity index is 224. The molecule has 14 heavy (non-hydrogen) atoms. The van der Waals surface area contributed by atoms with E-state index in [1.54, 1.807) is 0 Å². The smallest absolute Gasteiger partial charge is 0.234 e. The first-order valence-corrected chi connectivity index (χ1v) is 5.70. The summed E-state index contributed by atoms with van der Waals surface area (Å²) in [6.07, 6.45) is -0.262. The molecule has 0 aliphatic rings. The number of carboxylic acid groups (broad SMARTS) is 1. The summed E-state index contributed by atoms with van der Waals surface area (Å²) in [6.45, 7) is 0.218. The van der Waals surface area contributed by atoms with Gasteiger partial charge in [-0.25, -0.2) is 0 Å². The van der Waals surface area contributed by atoms with Gasteiger partial charge in [0.15, 0.2) is 0 Å². The van der Waals surface area contributed by atoms with E-state index in [-0.39, 0.29) is 24.7 Å². The zero-order valence-corrected chi connectivity index (χ0v) is 9.58. The van der Waals surface area contributed by atoms with Gasteiger partial charge in [0, 0.05) is 12.1 Å². The minimum atomic E-state index is -1.81. The third kappa shape index (κ3) is 6.95. The van der Waals surface area contributed by atoms with Crippen molar-refractivity contribution in [3.63, 3.8) is 0 Å². The van der Waals surface area contributed by atoms with E-state index in [1.165, 1.54) is 0 Å². The van der Waals surface area contributed by atoms with Crippen LogP contribution in [0.3, 0.4) is 0 Å². The molecular formula is C8H16NO4P. The Morgan fingerprint density at radius 3 is 2.21 bits per heavy atom. The number of carbonyl (C=O) groups is 2. The predicted molar refractivity (Wildman–Crippen MR) is 51.5 cm³/mol. The molecule has 0 spiro atoms. The Kier molecular flexibility index (Phi) is 5.19. The largest absolute Gasteiger partial charge is 0.550 e. The Morgan fingerprint density at radius 2 is 1.86 bits per heavy atom. The molecule has 0 aromatic rings. The molecule has 0 radical (unpaired) electrons. The average molecular weight is 221 g/mol. The van der Waals surface area contributed by atoms with Gasteiger partial charge < -0.3 is 19.3 Å². The highest BCUT2D eigenvalue weighted by Crippen LogP contribution is 2.31. The van der Waals surface area contributed by atoms with Crippen LogP contribution in [-0.2, 0) is 9.59 Å². The number of carbonyl (C=O) groups excluding carboxylic acids is 2. The SMILES string of the molecule is C[N+](C)(C)CC(=O)P(O)CCC(=O)[O-]. The van der Waals surface area contributed by atoms with Crippen LogP contribution in [0.2, 0.25) is 0 Å². The van der Waals surface area contributed by atoms with Crippen molar-refractivity contribution in [2.75, 3.05) is 33.8 Å². The monoisotopic (exact) mass is 221 g/mol. The van der Waals surface area contributed by atoms with Crippen molar-refractivity contribution in [3.8, 4) is 0 Å². The van der Waals surface area contributed by atoms with Gasteiger partial charge in [-0.2, -0.15) is 0 Å². The maximum Gasteiger partial charge on any atom is 0.234 e. The van der Waals surface area contributed by atoms with Gasteiger partial charge in [0.2, 0.25) is 5.52 Å². The van der Waals surface area contributed by atoms with Gasteiger partial charge in [-0.3, -0.25) is 4.79 Å². The lowest BCUT2D eigenvalue weighted by Crippen LogP contribution is -2.39. The molecule has 0 saturated carbocycles. The number of nitrogens with zero attached hydrogens (tertiary/aromatic N) is 1. The highest BCUT2D eigenvalue weighted by Gasteiger charge is 2.21. The van der Waals surface area contributed by atoms with Crippen molar-refractivity contribution >= 4 is 19.6 Å². The molecule has 5 nitrogen and oxygen atoms in total. The summed E-state index contributed by atoms with van der Waals surface area (Å²) in [5, 5.41) is 10.1. The Hall–Kier alpha value is -0.510. The van der Waals surface area contributed by atoms with E-state index in [2.05, 4.69) is 0 Å². The molecule has 0 aliphatic heterocycles. The summed E-state index contributed by atoms with van der Waals surface area (Å²) in [5.74, 6) is -1.23. The van der Waals surface area contributed by atoms with E-state index in [4.69, 9.17) is 0 Å². The summed E-state index contributed by atoms with van der Waals surface area (Å²) in [7, 11) is 3.69. The van der Waals surface area contributed by atoms with Crippen molar-refractivity contribution in [1.29, 1.82) is 0 Å². The van der Waals surface area contributed by atoms with Crippen LogP contribution in [0, 0.1) is 0 Å². The van der Waals surface area contributed by atoms with E-state index < -0.39 is 14.1 Å². The predicted octanol–water partition coefficient (Wildman–Crippen LogP) is -1.25. The molecule has 0 bridgehead atoms. The lowest BCUT2D eigenvalue weighted by molar-refractivity contribution is -0.861. The number of rotatable bonds is 6. The molecule has 0 rings (SSSR count). The number of likely N-dealkylation sites (N-methyl/N-ethyl adjacent to an activating group) is 1. The fourth-order valence-electron chi connectivity index (χ4n) is 0.809. The van der Waals surface area contributed by atoms with E-state index in [0.29, 0.717) is 4.48 Å². The van der Waals surface area contributed by atoms with Crippen LogP contribution < -0.4 is 5.11 Å². The molecule has 1 unspecified atom stereocenters. The number of hydrogen-bond acceptors (Lipinski definition) is 4. The summed E-state index contributed by atoms with van der Waals surface area (Å²) in [4.78, 5) is 30.7. The zero-order valence-electron chi connectivity index (χ0n) is 8.69. The quantitative estimate of drug-likeness (QED) is 0.449. The average Bonchev–Trinajstić information content (AvgIpc) is 1.96. The summed E-state index contributed by atoms with van der Waals surface area (Å²) in [6, 6.07) is 0. The second-order valence-electron chi connectivity index (χ2n) is 4.09. The fourth-order valence-corrected chi connectivity index (χ4v) is 2.04. The van der Waals surface area contributed by atoms with Crippen LogP contribution in [0.4, 0.5) is 0 Å². The topological polar surface area (TPSA) is 77.4 Å². The maximum absolute atomic E-state index is 11.3. The van der Waals surface area contributed by atoms with Gasteiger partial charge in [-0.1, -0.05) is 0 Å². The van der Waals surface area contributed by atoms with Crippen molar-refractivity contribution < 1.29 is 24.1 Å².